The van der Waals surface area contributed by atoms with E-state index in [1.165, 1.54) is 0 Å². The maximum absolute atomic E-state index is 12.1. The summed E-state index contributed by atoms with van der Waals surface area (Å²) < 4.78 is 0. The van der Waals surface area contributed by atoms with Gasteiger partial charge in [-0.25, -0.2) is 0 Å². The Morgan fingerprint density at radius 3 is 2.07 bits per heavy atom. The van der Waals surface area contributed by atoms with Gasteiger partial charge in [-0.05, 0) is 71.1 Å². The highest BCUT2D eigenvalue weighted by molar-refractivity contribution is 6.04. The van der Waals surface area contributed by atoms with Crippen molar-refractivity contribution in [1.29, 1.82) is 0 Å². The van der Waals surface area contributed by atoms with Crippen LogP contribution in [0.15, 0.2) is 77.3 Å². The van der Waals surface area contributed by atoms with Gasteiger partial charge in [-0.2, -0.15) is 4.99 Å². The monoisotopic (exact) mass is 387 g/mol. The standard InChI is InChI=1S/C23H21N3O3/c1-14(22(29)26-23(24)25)10-18-9-8-16(15-4-2-6-19(27)11-15)13-21(18)17-5-3-7-20(28)12-17/h2-13,27-28H,1H3,(H4,24,25,26,29). The number of rotatable bonds is 4. The Morgan fingerprint density at radius 2 is 1.45 bits per heavy atom. The number of nitrogens with two attached hydrogens (primary N) is 2. The van der Waals surface area contributed by atoms with Crippen molar-refractivity contribution < 1.29 is 15.0 Å². The van der Waals surface area contributed by atoms with Crippen LogP contribution in [0, 0.1) is 0 Å². The zero-order valence-electron chi connectivity index (χ0n) is 15.8. The Labute approximate surface area is 168 Å². The lowest BCUT2D eigenvalue weighted by Gasteiger charge is -2.12. The largest absolute Gasteiger partial charge is 0.508 e. The summed E-state index contributed by atoms with van der Waals surface area (Å²) in [4.78, 5) is 15.7. The summed E-state index contributed by atoms with van der Waals surface area (Å²) in [6.07, 6.45) is 1.69. The van der Waals surface area contributed by atoms with E-state index >= 15 is 0 Å². The van der Waals surface area contributed by atoms with Crippen LogP contribution in [0.25, 0.3) is 28.3 Å². The van der Waals surface area contributed by atoms with E-state index in [0.717, 1.165) is 27.8 Å². The number of hydrogen-bond donors (Lipinski definition) is 4. The van der Waals surface area contributed by atoms with Gasteiger partial charge in [-0.15, -0.1) is 0 Å². The Balaban J connectivity index is 2.15. The van der Waals surface area contributed by atoms with Gasteiger partial charge in [-0.1, -0.05) is 36.4 Å². The lowest BCUT2D eigenvalue weighted by Crippen LogP contribution is -2.24. The molecule has 0 aliphatic heterocycles. The molecule has 146 valence electrons. The second-order valence-electron chi connectivity index (χ2n) is 6.57. The van der Waals surface area contributed by atoms with Crippen LogP contribution in [0.5, 0.6) is 11.5 Å². The van der Waals surface area contributed by atoms with Gasteiger partial charge in [0.1, 0.15) is 11.5 Å². The number of benzene rings is 3. The van der Waals surface area contributed by atoms with Gasteiger partial charge in [-0.3, -0.25) is 4.79 Å². The molecule has 6 nitrogen and oxygen atoms in total. The molecule has 6 N–H and O–H groups in total. The van der Waals surface area contributed by atoms with E-state index < -0.39 is 5.91 Å². The first-order valence-corrected chi connectivity index (χ1v) is 8.88. The third-order valence-electron chi connectivity index (χ3n) is 4.33. The maximum atomic E-state index is 12.1. The molecule has 3 rings (SSSR count). The second kappa shape index (κ2) is 8.31. The van der Waals surface area contributed by atoms with Crippen molar-refractivity contribution in [2.45, 2.75) is 6.92 Å². The molecule has 0 saturated carbocycles. The Bertz CT molecular complexity index is 1130. The maximum Gasteiger partial charge on any atom is 0.275 e. The van der Waals surface area contributed by atoms with Crippen LogP contribution in [-0.2, 0) is 4.79 Å². The molecule has 29 heavy (non-hydrogen) atoms. The van der Waals surface area contributed by atoms with Gasteiger partial charge in [0.05, 0.1) is 0 Å². The van der Waals surface area contributed by atoms with Crippen LogP contribution in [0.1, 0.15) is 12.5 Å². The van der Waals surface area contributed by atoms with E-state index in [-0.39, 0.29) is 17.5 Å². The highest BCUT2D eigenvalue weighted by Crippen LogP contribution is 2.33. The SMILES string of the molecule is CC(=Cc1ccc(-c2cccc(O)c2)cc1-c1cccc(O)c1)C(=O)N=C(N)N. The molecule has 3 aromatic carbocycles. The van der Waals surface area contributed by atoms with Crippen molar-refractivity contribution in [2.24, 2.45) is 16.5 Å². The fourth-order valence-electron chi connectivity index (χ4n) is 2.97. The molecule has 0 spiro atoms. The van der Waals surface area contributed by atoms with E-state index in [4.69, 9.17) is 11.5 Å². The molecule has 0 aromatic heterocycles. The van der Waals surface area contributed by atoms with Crippen LogP contribution < -0.4 is 11.5 Å². The van der Waals surface area contributed by atoms with Crippen molar-refractivity contribution >= 4 is 17.9 Å². The molecule has 6 heteroatoms. The lowest BCUT2D eigenvalue weighted by atomic mass is 9.93. The summed E-state index contributed by atoms with van der Waals surface area (Å²) in [7, 11) is 0. The van der Waals surface area contributed by atoms with Crippen molar-refractivity contribution in [3.8, 4) is 33.8 Å². The van der Waals surface area contributed by atoms with E-state index in [1.54, 1.807) is 49.4 Å². The van der Waals surface area contributed by atoms with Gasteiger partial charge in [0.2, 0.25) is 0 Å². The number of hydrogen-bond acceptors (Lipinski definition) is 3. The number of guanidine groups is 1. The molecule has 0 bridgehead atoms. The topological polar surface area (TPSA) is 122 Å². The number of amides is 1. The molecule has 0 radical (unpaired) electrons. The molecule has 1 amide bonds. The normalized spacial score (nSPS) is 11.1. The zero-order valence-corrected chi connectivity index (χ0v) is 15.8. The van der Waals surface area contributed by atoms with Crippen molar-refractivity contribution in [1.82, 2.24) is 0 Å². The lowest BCUT2D eigenvalue weighted by molar-refractivity contribution is -0.114. The van der Waals surface area contributed by atoms with Gasteiger partial charge in [0.15, 0.2) is 5.96 Å². The van der Waals surface area contributed by atoms with E-state index in [9.17, 15) is 15.0 Å². The quantitative estimate of drug-likeness (QED) is 0.309. The number of aromatic hydroxyl groups is 2. The van der Waals surface area contributed by atoms with Crippen molar-refractivity contribution in [3.63, 3.8) is 0 Å². The molecule has 3 aromatic rings. The number of carbonyl (C=O) groups is 1. The summed E-state index contributed by atoms with van der Waals surface area (Å²) in [5.41, 5.74) is 15.0. The molecule has 0 heterocycles. The van der Waals surface area contributed by atoms with E-state index in [2.05, 4.69) is 4.99 Å². The van der Waals surface area contributed by atoms with Gasteiger partial charge >= 0.3 is 0 Å². The van der Waals surface area contributed by atoms with Crippen LogP contribution in [0.2, 0.25) is 0 Å². The summed E-state index contributed by atoms with van der Waals surface area (Å²) in [5.74, 6) is -0.517. The van der Waals surface area contributed by atoms with Crippen molar-refractivity contribution in [3.05, 3.63) is 77.9 Å². The molecular weight excluding hydrogens is 366 g/mol. The fourth-order valence-corrected chi connectivity index (χ4v) is 2.97. The number of nitrogens with zero attached hydrogens (tertiary/aromatic N) is 1. The first-order valence-electron chi connectivity index (χ1n) is 8.88. The predicted molar refractivity (Wildman–Crippen MR) is 115 cm³/mol. The highest BCUT2D eigenvalue weighted by Gasteiger charge is 2.10. The van der Waals surface area contributed by atoms with Gasteiger partial charge in [0.25, 0.3) is 5.91 Å². The minimum Gasteiger partial charge on any atom is -0.508 e. The third-order valence-corrected chi connectivity index (χ3v) is 4.33. The summed E-state index contributed by atoms with van der Waals surface area (Å²) in [6.45, 7) is 1.63. The molecular formula is C23H21N3O3. The zero-order chi connectivity index (χ0) is 21.0. The van der Waals surface area contributed by atoms with Crippen LogP contribution >= 0.6 is 0 Å². The first kappa shape index (κ1) is 19.7. The highest BCUT2D eigenvalue weighted by atomic mass is 16.3. The average molecular weight is 387 g/mol. The Kier molecular flexibility index (Phi) is 5.64. The average Bonchev–Trinajstić information content (AvgIpc) is 2.67. The van der Waals surface area contributed by atoms with E-state index in [0.29, 0.717) is 5.57 Å². The fraction of sp³-hybridized carbons (Fsp3) is 0.0435. The van der Waals surface area contributed by atoms with Gasteiger partial charge in [0, 0.05) is 5.57 Å². The smallest absolute Gasteiger partial charge is 0.275 e. The second-order valence-corrected chi connectivity index (χ2v) is 6.57. The Morgan fingerprint density at radius 1 is 0.862 bits per heavy atom. The van der Waals surface area contributed by atoms with Crippen LogP contribution in [-0.4, -0.2) is 22.1 Å². The predicted octanol–water partition coefficient (Wildman–Crippen LogP) is 3.64. The van der Waals surface area contributed by atoms with Crippen LogP contribution in [0.4, 0.5) is 0 Å². The minimum atomic E-state index is -0.524. The molecule has 0 aliphatic rings. The summed E-state index contributed by atoms with van der Waals surface area (Å²) in [5, 5.41) is 19.7. The van der Waals surface area contributed by atoms with Crippen molar-refractivity contribution in [2.75, 3.05) is 0 Å². The third kappa shape index (κ3) is 4.81. The molecule has 0 saturated heterocycles. The molecule has 0 fully saturated rings. The first-order chi connectivity index (χ1) is 13.8. The molecule has 0 unspecified atom stereocenters. The minimum absolute atomic E-state index is 0.133. The summed E-state index contributed by atoms with van der Waals surface area (Å²) in [6, 6.07) is 19.5. The molecule has 0 atom stereocenters. The van der Waals surface area contributed by atoms with Crippen LogP contribution in [0.3, 0.4) is 0 Å². The number of phenolic OH excluding ortho intramolecular Hbond substituents is 2. The number of phenols is 2. The number of carbonyl (C=O) groups excluding carboxylic acids is 1. The Hall–Kier alpha value is -4.06. The van der Waals surface area contributed by atoms with Gasteiger partial charge < -0.3 is 21.7 Å². The number of aliphatic imine (C=N–C) groups is 1. The summed E-state index contributed by atoms with van der Waals surface area (Å²) >= 11 is 0. The molecule has 0 aliphatic carbocycles. The van der Waals surface area contributed by atoms with E-state index in [1.807, 2.05) is 30.3 Å².